The molecule has 0 amide bonds. The minimum atomic E-state index is -0.714. The number of aromatic nitrogens is 2. The molecule has 0 atom stereocenters. The molecule has 0 radical (unpaired) electrons. The fourth-order valence-corrected chi connectivity index (χ4v) is 2.63. The number of aryl methyl sites for hydroxylation is 1. The first-order chi connectivity index (χ1) is 8.27. The largest absolute Gasteiger partial charge is 0.481 e. The second-order valence-electron chi connectivity index (χ2n) is 4.83. The van der Waals surface area contributed by atoms with Crippen molar-refractivity contribution in [2.75, 3.05) is 0 Å². The Hall–Kier alpha value is -1.32. The van der Waals surface area contributed by atoms with Gasteiger partial charge in [0.1, 0.15) is 0 Å². The molecular weight excluding hydrogens is 216 g/mol. The maximum absolute atomic E-state index is 10.5. The minimum absolute atomic E-state index is 0.246. The molecule has 1 aliphatic rings. The molecule has 1 fully saturated rings. The molecule has 4 heteroatoms. The van der Waals surface area contributed by atoms with Crippen LogP contribution in [0.4, 0.5) is 0 Å². The van der Waals surface area contributed by atoms with Gasteiger partial charge in [-0.05, 0) is 25.7 Å². The van der Waals surface area contributed by atoms with Gasteiger partial charge in [0, 0.05) is 24.4 Å². The lowest BCUT2D eigenvalue weighted by Gasteiger charge is -2.24. The van der Waals surface area contributed by atoms with E-state index in [0.29, 0.717) is 12.5 Å². The Morgan fingerprint density at radius 2 is 2.18 bits per heavy atom. The lowest BCUT2D eigenvalue weighted by molar-refractivity contribution is -0.137. The molecule has 94 valence electrons. The van der Waals surface area contributed by atoms with Gasteiger partial charge in [0.25, 0.3) is 0 Å². The molecule has 0 aliphatic heterocycles. The standard InChI is InChI=1S/C13H20N2O2/c16-13(17)8-4-7-12-9-14-10-15(12)11-5-2-1-3-6-11/h9-11H,1-8H2,(H,16,17). The molecule has 1 aliphatic carbocycles. The quantitative estimate of drug-likeness (QED) is 0.855. The van der Waals surface area contributed by atoms with Crippen molar-refractivity contribution in [3.05, 3.63) is 18.2 Å². The Labute approximate surface area is 102 Å². The lowest BCUT2D eigenvalue weighted by atomic mass is 9.95. The number of nitrogens with zero attached hydrogens (tertiary/aromatic N) is 2. The number of aliphatic carboxylic acids is 1. The molecule has 0 aromatic carbocycles. The third-order valence-corrected chi connectivity index (χ3v) is 3.54. The number of carbonyl (C=O) groups is 1. The zero-order valence-electron chi connectivity index (χ0n) is 10.1. The van der Waals surface area contributed by atoms with Crippen molar-refractivity contribution >= 4 is 5.97 Å². The first kappa shape index (κ1) is 12.1. The summed E-state index contributed by atoms with van der Waals surface area (Å²) in [5.41, 5.74) is 1.19. The topological polar surface area (TPSA) is 55.1 Å². The number of rotatable bonds is 5. The summed E-state index contributed by atoms with van der Waals surface area (Å²) in [5.74, 6) is -0.714. The monoisotopic (exact) mass is 236 g/mol. The van der Waals surface area contributed by atoms with E-state index in [2.05, 4.69) is 9.55 Å². The lowest BCUT2D eigenvalue weighted by Crippen LogP contribution is -2.14. The van der Waals surface area contributed by atoms with Gasteiger partial charge in [-0.25, -0.2) is 4.98 Å². The van der Waals surface area contributed by atoms with E-state index in [-0.39, 0.29) is 6.42 Å². The Bertz CT molecular complexity index is 367. The number of carboxylic acid groups (broad SMARTS) is 1. The first-order valence-corrected chi connectivity index (χ1v) is 6.50. The Balaban J connectivity index is 1.93. The van der Waals surface area contributed by atoms with Crippen LogP contribution in [0.2, 0.25) is 0 Å². The molecule has 1 heterocycles. The van der Waals surface area contributed by atoms with Gasteiger partial charge in [0.05, 0.1) is 6.33 Å². The summed E-state index contributed by atoms with van der Waals surface area (Å²) in [7, 11) is 0. The first-order valence-electron chi connectivity index (χ1n) is 6.50. The van der Waals surface area contributed by atoms with Crippen LogP contribution in [0.15, 0.2) is 12.5 Å². The molecule has 0 bridgehead atoms. The maximum Gasteiger partial charge on any atom is 0.303 e. The van der Waals surface area contributed by atoms with Crippen LogP contribution in [0, 0.1) is 0 Å². The molecule has 17 heavy (non-hydrogen) atoms. The van der Waals surface area contributed by atoms with Crippen molar-refractivity contribution in [1.29, 1.82) is 0 Å². The third-order valence-electron chi connectivity index (χ3n) is 3.54. The number of carboxylic acids is 1. The van der Waals surface area contributed by atoms with Crippen molar-refractivity contribution in [2.45, 2.75) is 57.4 Å². The van der Waals surface area contributed by atoms with Gasteiger partial charge < -0.3 is 9.67 Å². The van der Waals surface area contributed by atoms with Crippen molar-refractivity contribution < 1.29 is 9.90 Å². The second kappa shape index (κ2) is 5.84. The SMILES string of the molecule is O=C(O)CCCc1cncn1C1CCCCC1. The van der Waals surface area contributed by atoms with Crippen LogP contribution >= 0.6 is 0 Å². The molecule has 4 nitrogen and oxygen atoms in total. The molecule has 0 saturated heterocycles. The number of hydrogen-bond acceptors (Lipinski definition) is 2. The Morgan fingerprint density at radius 1 is 1.41 bits per heavy atom. The Morgan fingerprint density at radius 3 is 2.88 bits per heavy atom. The molecule has 2 rings (SSSR count). The van der Waals surface area contributed by atoms with E-state index in [1.807, 2.05) is 12.5 Å². The third kappa shape index (κ3) is 3.32. The minimum Gasteiger partial charge on any atom is -0.481 e. The molecule has 0 unspecified atom stereocenters. The summed E-state index contributed by atoms with van der Waals surface area (Å²) in [5, 5.41) is 8.64. The van der Waals surface area contributed by atoms with Crippen molar-refractivity contribution in [3.8, 4) is 0 Å². The van der Waals surface area contributed by atoms with Crippen molar-refractivity contribution in [3.63, 3.8) is 0 Å². The Kier molecular flexibility index (Phi) is 4.18. The summed E-state index contributed by atoms with van der Waals surface area (Å²) in [4.78, 5) is 14.7. The summed E-state index contributed by atoms with van der Waals surface area (Å²) >= 11 is 0. The summed E-state index contributed by atoms with van der Waals surface area (Å²) in [6.07, 6.45) is 12.0. The van der Waals surface area contributed by atoms with Crippen LogP contribution in [0.3, 0.4) is 0 Å². The zero-order chi connectivity index (χ0) is 12.1. The van der Waals surface area contributed by atoms with Gasteiger partial charge >= 0.3 is 5.97 Å². The second-order valence-corrected chi connectivity index (χ2v) is 4.83. The number of imidazole rings is 1. The van der Waals surface area contributed by atoms with E-state index < -0.39 is 5.97 Å². The van der Waals surface area contributed by atoms with Gasteiger partial charge in [0.2, 0.25) is 0 Å². The highest BCUT2D eigenvalue weighted by Gasteiger charge is 2.17. The van der Waals surface area contributed by atoms with E-state index >= 15 is 0 Å². The van der Waals surface area contributed by atoms with Crippen LogP contribution in [0.1, 0.15) is 56.7 Å². The average molecular weight is 236 g/mol. The predicted octanol–water partition coefficient (Wildman–Crippen LogP) is 2.80. The summed E-state index contributed by atoms with van der Waals surface area (Å²) in [6, 6.07) is 0.589. The summed E-state index contributed by atoms with van der Waals surface area (Å²) in [6.45, 7) is 0. The summed E-state index contributed by atoms with van der Waals surface area (Å²) < 4.78 is 2.26. The molecule has 1 aromatic rings. The van der Waals surface area contributed by atoms with Gasteiger partial charge in [-0.3, -0.25) is 4.79 Å². The predicted molar refractivity (Wildman–Crippen MR) is 64.9 cm³/mol. The van der Waals surface area contributed by atoms with Gasteiger partial charge in [-0.2, -0.15) is 0 Å². The van der Waals surface area contributed by atoms with Crippen molar-refractivity contribution in [2.24, 2.45) is 0 Å². The van der Waals surface area contributed by atoms with Crippen molar-refractivity contribution in [1.82, 2.24) is 9.55 Å². The normalized spacial score (nSPS) is 17.2. The molecule has 1 saturated carbocycles. The molecule has 0 spiro atoms. The smallest absolute Gasteiger partial charge is 0.303 e. The average Bonchev–Trinajstić information content (AvgIpc) is 2.78. The zero-order valence-corrected chi connectivity index (χ0v) is 10.1. The van der Waals surface area contributed by atoms with Crippen LogP contribution in [-0.2, 0) is 11.2 Å². The van der Waals surface area contributed by atoms with Gasteiger partial charge in [-0.15, -0.1) is 0 Å². The van der Waals surface area contributed by atoms with E-state index in [1.54, 1.807) is 0 Å². The van der Waals surface area contributed by atoms with E-state index in [0.717, 1.165) is 6.42 Å². The van der Waals surface area contributed by atoms with E-state index in [1.165, 1.54) is 37.8 Å². The van der Waals surface area contributed by atoms with Crippen LogP contribution in [-0.4, -0.2) is 20.6 Å². The fraction of sp³-hybridized carbons (Fsp3) is 0.692. The van der Waals surface area contributed by atoms with E-state index in [9.17, 15) is 4.79 Å². The molecule has 1 N–H and O–H groups in total. The fourth-order valence-electron chi connectivity index (χ4n) is 2.63. The maximum atomic E-state index is 10.5. The highest BCUT2D eigenvalue weighted by Crippen LogP contribution is 2.29. The molecule has 1 aromatic heterocycles. The van der Waals surface area contributed by atoms with Crippen LogP contribution in [0.25, 0.3) is 0 Å². The van der Waals surface area contributed by atoms with Crippen LogP contribution in [0.5, 0.6) is 0 Å². The van der Waals surface area contributed by atoms with Crippen LogP contribution < -0.4 is 0 Å². The number of hydrogen-bond donors (Lipinski definition) is 1. The van der Waals surface area contributed by atoms with Gasteiger partial charge in [-0.1, -0.05) is 19.3 Å². The van der Waals surface area contributed by atoms with Gasteiger partial charge in [0.15, 0.2) is 0 Å². The molecular formula is C13H20N2O2. The highest BCUT2D eigenvalue weighted by molar-refractivity contribution is 5.66. The van der Waals surface area contributed by atoms with E-state index in [4.69, 9.17) is 5.11 Å². The highest BCUT2D eigenvalue weighted by atomic mass is 16.4.